The third-order valence-electron chi connectivity index (χ3n) is 3.93. The Labute approximate surface area is 72.6 Å². The highest BCUT2D eigenvalue weighted by Crippen LogP contribution is 2.57. The summed E-state index contributed by atoms with van der Waals surface area (Å²) in [5, 5.41) is 0.504. The molecule has 0 N–H and O–H groups in total. The zero-order chi connectivity index (χ0) is 7.42. The number of allylic oxidation sites excluding steroid dienone is 2. The van der Waals surface area contributed by atoms with Crippen molar-refractivity contribution < 1.29 is 0 Å². The Morgan fingerprint density at radius 1 is 1.18 bits per heavy atom. The Bertz CT molecular complexity index is 209. The third-order valence-corrected chi connectivity index (χ3v) is 4.43. The molecule has 2 fully saturated rings. The molecule has 0 radical (unpaired) electrons. The Morgan fingerprint density at radius 2 is 2.09 bits per heavy atom. The van der Waals surface area contributed by atoms with E-state index in [1.54, 1.807) is 0 Å². The van der Waals surface area contributed by atoms with Crippen molar-refractivity contribution >= 4 is 11.6 Å². The summed E-state index contributed by atoms with van der Waals surface area (Å²) in [6, 6.07) is 0. The maximum absolute atomic E-state index is 6.24. The highest BCUT2D eigenvalue weighted by molar-refractivity contribution is 6.21. The van der Waals surface area contributed by atoms with Crippen molar-refractivity contribution in [3.8, 4) is 0 Å². The predicted molar refractivity (Wildman–Crippen MR) is 46.6 cm³/mol. The molecule has 0 aliphatic heterocycles. The van der Waals surface area contributed by atoms with Crippen LogP contribution >= 0.6 is 11.6 Å². The van der Waals surface area contributed by atoms with Crippen molar-refractivity contribution in [2.24, 2.45) is 23.7 Å². The number of alkyl halides is 1. The molecule has 0 saturated heterocycles. The summed E-state index contributed by atoms with van der Waals surface area (Å²) in [5.41, 5.74) is 0. The lowest BCUT2D eigenvalue weighted by atomic mass is 9.81. The zero-order valence-corrected chi connectivity index (χ0v) is 7.30. The average Bonchev–Trinajstić information content (AvgIpc) is 2.52. The van der Waals surface area contributed by atoms with E-state index in [9.17, 15) is 0 Å². The topological polar surface area (TPSA) is 0 Å². The predicted octanol–water partition coefficient (Wildman–Crippen LogP) is 2.83. The first-order chi connectivity index (χ1) is 5.36. The van der Waals surface area contributed by atoms with Crippen LogP contribution in [0.5, 0.6) is 0 Å². The van der Waals surface area contributed by atoms with Gasteiger partial charge in [-0.15, -0.1) is 11.6 Å². The van der Waals surface area contributed by atoms with E-state index in [1.165, 1.54) is 19.3 Å². The van der Waals surface area contributed by atoms with Gasteiger partial charge in [0.2, 0.25) is 0 Å². The summed E-state index contributed by atoms with van der Waals surface area (Å²) in [6.45, 7) is 0. The number of rotatable bonds is 0. The minimum absolute atomic E-state index is 0.504. The monoisotopic (exact) mass is 168 g/mol. The second-order valence-electron chi connectivity index (χ2n) is 4.32. The Morgan fingerprint density at radius 3 is 3.00 bits per heavy atom. The summed E-state index contributed by atoms with van der Waals surface area (Å²) in [7, 11) is 0. The maximum atomic E-state index is 6.24. The van der Waals surface area contributed by atoms with Crippen molar-refractivity contribution in [3.05, 3.63) is 12.2 Å². The molecule has 0 spiro atoms. The summed E-state index contributed by atoms with van der Waals surface area (Å²) in [4.78, 5) is 0. The van der Waals surface area contributed by atoms with Gasteiger partial charge in [0.25, 0.3) is 0 Å². The smallest absolute Gasteiger partial charge is 0.0372 e. The molecule has 11 heavy (non-hydrogen) atoms. The number of halogens is 1. The molecule has 0 aromatic rings. The van der Waals surface area contributed by atoms with Gasteiger partial charge in [-0.25, -0.2) is 0 Å². The molecule has 0 aromatic carbocycles. The van der Waals surface area contributed by atoms with E-state index in [-0.39, 0.29) is 0 Å². The van der Waals surface area contributed by atoms with Crippen LogP contribution in [0.15, 0.2) is 12.2 Å². The molecule has 0 nitrogen and oxygen atoms in total. The molecule has 2 saturated carbocycles. The van der Waals surface area contributed by atoms with Gasteiger partial charge in [-0.05, 0) is 42.9 Å². The van der Waals surface area contributed by atoms with Gasteiger partial charge in [0, 0.05) is 5.38 Å². The van der Waals surface area contributed by atoms with Crippen molar-refractivity contribution in [2.45, 2.75) is 24.6 Å². The van der Waals surface area contributed by atoms with Gasteiger partial charge in [0.05, 0.1) is 0 Å². The van der Waals surface area contributed by atoms with E-state index in [0.717, 1.165) is 23.7 Å². The van der Waals surface area contributed by atoms with Gasteiger partial charge < -0.3 is 0 Å². The quantitative estimate of drug-likeness (QED) is 0.386. The fraction of sp³-hybridized carbons (Fsp3) is 0.800. The lowest BCUT2D eigenvalue weighted by Crippen LogP contribution is -2.24. The van der Waals surface area contributed by atoms with Crippen LogP contribution < -0.4 is 0 Å². The first-order valence-corrected chi connectivity index (χ1v) is 5.10. The van der Waals surface area contributed by atoms with Crippen LogP contribution in [-0.4, -0.2) is 5.38 Å². The Hall–Kier alpha value is 0.0300. The fourth-order valence-electron chi connectivity index (χ4n) is 3.46. The summed E-state index contributed by atoms with van der Waals surface area (Å²) >= 11 is 6.24. The number of fused-ring (bicyclic) bond motifs is 5. The van der Waals surface area contributed by atoms with E-state index in [4.69, 9.17) is 11.6 Å². The fourth-order valence-corrected chi connectivity index (χ4v) is 3.96. The largest absolute Gasteiger partial charge is 0.123 e. The van der Waals surface area contributed by atoms with E-state index in [0.29, 0.717) is 5.38 Å². The normalized spacial score (nSPS) is 58.8. The standard InChI is InChI=1S/C10H13Cl/c11-10-5-6-4-9(10)8-3-1-2-7(6)8/h1,3,6-10H,2,4-5H2/t6-,7+,8-,9+,10-/m1/s1. The molecule has 3 rings (SSSR count). The Balaban J connectivity index is 1.94. The maximum Gasteiger partial charge on any atom is 0.0372 e. The molecule has 0 aromatic heterocycles. The minimum atomic E-state index is 0.504. The summed E-state index contributed by atoms with van der Waals surface area (Å²) < 4.78 is 0. The second kappa shape index (κ2) is 2.04. The van der Waals surface area contributed by atoms with Crippen molar-refractivity contribution in [2.75, 3.05) is 0 Å². The van der Waals surface area contributed by atoms with E-state index in [1.807, 2.05) is 0 Å². The van der Waals surface area contributed by atoms with Crippen LogP contribution in [0, 0.1) is 23.7 Å². The van der Waals surface area contributed by atoms with E-state index < -0.39 is 0 Å². The van der Waals surface area contributed by atoms with Crippen LogP contribution in [0.1, 0.15) is 19.3 Å². The van der Waals surface area contributed by atoms with Gasteiger partial charge in [-0.1, -0.05) is 12.2 Å². The molecule has 5 atom stereocenters. The third kappa shape index (κ3) is 0.717. The molecule has 3 aliphatic carbocycles. The average molecular weight is 169 g/mol. The van der Waals surface area contributed by atoms with Crippen LogP contribution in [0.4, 0.5) is 0 Å². The lowest BCUT2D eigenvalue weighted by molar-refractivity contribution is 0.289. The molecule has 0 heterocycles. The summed E-state index contributed by atoms with van der Waals surface area (Å²) in [6.07, 6.45) is 8.85. The molecule has 2 bridgehead atoms. The molecule has 3 aliphatic rings. The Kier molecular flexibility index (Phi) is 1.21. The number of hydrogen-bond acceptors (Lipinski definition) is 0. The zero-order valence-electron chi connectivity index (χ0n) is 6.54. The molecular weight excluding hydrogens is 156 g/mol. The van der Waals surface area contributed by atoms with Crippen LogP contribution in [0.3, 0.4) is 0 Å². The number of hydrogen-bond donors (Lipinski definition) is 0. The van der Waals surface area contributed by atoms with Gasteiger partial charge >= 0.3 is 0 Å². The van der Waals surface area contributed by atoms with Crippen LogP contribution in [0.25, 0.3) is 0 Å². The first kappa shape index (κ1) is 6.54. The second-order valence-corrected chi connectivity index (χ2v) is 4.88. The van der Waals surface area contributed by atoms with E-state index >= 15 is 0 Å². The molecule has 60 valence electrons. The lowest BCUT2D eigenvalue weighted by Gasteiger charge is -2.27. The van der Waals surface area contributed by atoms with Gasteiger partial charge in [0.1, 0.15) is 0 Å². The summed E-state index contributed by atoms with van der Waals surface area (Å²) in [5.74, 6) is 3.68. The molecule has 0 unspecified atom stereocenters. The van der Waals surface area contributed by atoms with Gasteiger partial charge in [-0.3, -0.25) is 0 Å². The minimum Gasteiger partial charge on any atom is -0.123 e. The molecular formula is C10H13Cl. The van der Waals surface area contributed by atoms with E-state index in [2.05, 4.69) is 12.2 Å². The molecule has 1 heteroatoms. The van der Waals surface area contributed by atoms with Gasteiger partial charge in [-0.2, -0.15) is 0 Å². The highest BCUT2D eigenvalue weighted by atomic mass is 35.5. The SMILES string of the molecule is Cl[C@@H]1C[C@H]2C[C@H]1[C@@H]1C=CC[C@@H]21. The van der Waals surface area contributed by atoms with Gasteiger partial charge in [0.15, 0.2) is 0 Å². The first-order valence-electron chi connectivity index (χ1n) is 4.67. The van der Waals surface area contributed by atoms with Crippen LogP contribution in [0.2, 0.25) is 0 Å². The highest BCUT2D eigenvalue weighted by Gasteiger charge is 2.51. The van der Waals surface area contributed by atoms with Crippen molar-refractivity contribution in [3.63, 3.8) is 0 Å². The van der Waals surface area contributed by atoms with Crippen LogP contribution in [-0.2, 0) is 0 Å². The molecule has 0 amide bonds. The van der Waals surface area contributed by atoms with Crippen molar-refractivity contribution in [1.82, 2.24) is 0 Å². The van der Waals surface area contributed by atoms with Crippen molar-refractivity contribution in [1.29, 1.82) is 0 Å².